The number of anilines is 2. The standard InChI is InChI=1S/C26H30N4O4/c1-2-8-22(24(32)27-18-9-7-10-19(17-18)29-14-5-6-15-29)28-23(31)13-16-30-25(33)20-11-3-4-12-21(20)26(30)34/h3-4,7,9-12,17,22H,2,5-6,8,13-16H2,1H3,(H,27,32)(H,28,31). The molecule has 1 atom stereocenters. The average molecular weight is 463 g/mol. The molecule has 0 spiro atoms. The van der Waals surface area contributed by atoms with Crippen molar-refractivity contribution >= 4 is 35.0 Å². The second kappa shape index (κ2) is 10.5. The summed E-state index contributed by atoms with van der Waals surface area (Å²) in [5.41, 5.74) is 2.47. The second-order valence-electron chi connectivity index (χ2n) is 8.70. The molecule has 1 saturated heterocycles. The summed E-state index contributed by atoms with van der Waals surface area (Å²) in [6.07, 6.45) is 3.47. The highest BCUT2D eigenvalue weighted by atomic mass is 16.2. The van der Waals surface area contributed by atoms with Crippen LogP contribution in [0.1, 0.15) is 59.7 Å². The van der Waals surface area contributed by atoms with E-state index in [9.17, 15) is 19.2 Å². The summed E-state index contributed by atoms with van der Waals surface area (Å²) in [5.74, 6) is -1.45. The Bertz CT molecular complexity index is 1060. The van der Waals surface area contributed by atoms with Crippen LogP contribution in [0, 0.1) is 0 Å². The summed E-state index contributed by atoms with van der Waals surface area (Å²) in [6.45, 7) is 3.94. The molecule has 178 valence electrons. The first kappa shape index (κ1) is 23.5. The van der Waals surface area contributed by atoms with Crippen molar-refractivity contribution in [3.63, 3.8) is 0 Å². The molecule has 0 radical (unpaired) electrons. The van der Waals surface area contributed by atoms with Crippen LogP contribution in [0.5, 0.6) is 0 Å². The van der Waals surface area contributed by atoms with Gasteiger partial charge in [0.15, 0.2) is 0 Å². The minimum atomic E-state index is -0.699. The van der Waals surface area contributed by atoms with Gasteiger partial charge in [-0.2, -0.15) is 0 Å². The first-order valence-corrected chi connectivity index (χ1v) is 11.9. The van der Waals surface area contributed by atoms with Crippen molar-refractivity contribution in [2.24, 2.45) is 0 Å². The Morgan fingerprint density at radius 3 is 2.29 bits per heavy atom. The van der Waals surface area contributed by atoms with Crippen LogP contribution in [0.4, 0.5) is 11.4 Å². The van der Waals surface area contributed by atoms with E-state index in [4.69, 9.17) is 0 Å². The molecule has 8 nitrogen and oxygen atoms in total. The number of rotatable bonds is 9. The van der Waals surface area contributed by atoms with Gasteiger partial charge in [0, 0.05) is 37.4 Å². The van der Waals surface area contributed by atoms with Gasteiger partial charge in [-0.25, -0.2) is 0 Å². The third-order valence-corrected chi connectivity index (χ3v) is 6.25. The third-order valence-electron chi connectivity index (χ3n) is 6.25. The molecule has 2 aliphatic heterocycles. The molecule has 2 aliphatic rings. The Hall–Kier alpha value is -3.68. The van der Waals surface area contributed by atoms with Gasteiger partial charge >= 0.3 is 0 Å². The minimum Gasteiger partial charge on any atom is -0.371 e. The van der Waals surface area contributed by atoms with E-state index < -0.39 is 17.9 Å². The molecular weight excluding hydrogens is 432 g/mol. The van der Waals surface area contributed by atoms with Crippen LogP contribution in [0.15, 0.2) is 48.5 Å². The molecule has 34 heavy (non-hydrogen) atoms. The zero-order valence-electron chi connectivity index (χ0n) is 19.4. The van der Waals surface area contributed by atoms with Crippen LogP contribution in [0.3, 0.4) is 0 Å². The van der Waals surface area contributed by atoms with Gasteiger partial charge in [0.25, 0.3) is 11.8 Å². The summed E-state index contributed by atoms with van der Waals surface area (Å²) >= 11 is 0. The van der Waals surface area contributed by atoms with Crippen molar-refractivity contribution in [3.05, 3.63) is 59.7 Å². The van der Waals surface area contributed by atoms with Gasteiger partial charge in [-0.3, -0.25) is 24.1 Å². The highest BCUT2D eigenvalue weighted by molar-refractivity contribution is 6.21. The molecule has 2 aromatic carbocycles. The zero-order valence-corrected chi connectivity index (χ0v) is 19.4. The second-order valence-corrected chi connectivity index (χ2v) is 8.70. The number of nitrogens with one attached hydrogen (secondary N) is 2. The Morgan fingerprint density at radius 2 is 1.65 bits per heavy atom. The van der Waals surface area contributed by atoms with E-state index in [0.717, 1.165) is 23.7 Å². The molecule has 2 heterocycles. The van der Waals surface area contributed by atoms with E-state index in [2.05, 4.69) is 15.5 Å². The summed E-state index contributed by atoms with van der Waals surface area (Å²) in [5, 5.41) is 5.69. The first-order chi connectivity index (χ1) is 16.5. The normalized spacial score (nSPS) is 15.9. The van der Waals surface area contributed by atoms with Gasteiger partial charge in [-0.15, -0.1) is 0 Å². The number of carbonyl (C=O) groups excluding carboxylic acids is 4. The van der Waals surface area contributed by atoms with Gasteiger partial charge in [0.1, 0.15) is 6.04 Å². The van der Waals surface area contributed by atoms with Crippen LogP contribution < -0.4 is 15.5 Å². The summed E-state index contributed by atoms with van der Waals surface area (Å²) < 4.78 is 0. The van der Waals surface area contributed by atoms with Crippen LogP contribution in [0.25, 0.3) is 0 Å². The van der Waals surface area contributed by atoms with Gasteiger partial charge < -0.3 is 15.5 Å². The molecule has 4 amide bonds. The van der Waals surface area contributed by atoms with E-state index in [1.54, 1.807) is 24.3 Å². The smallest absolute Gasteiger partial charge is 0.261 e. The average Bonchev–Trinajstić information content (AvgIpc) is 3.46. The van der Waals surface area contributed by atoms with E-state index in [1.807, 2.05) is 31.2 Å². The molecular formula is C26H30N4O4. The number of fused-ring (bicyclic) bond motifs is 1. The molecule has 4 rings (SSSR count). The molecule has 0 aromatic heterocycles. The van der Waals surface area contributed by atoms with Gasteiger partial charge in [-0.05, 0) is 49.6 Å². The van der Waals surface area contributed by atoms with Crippen molar-refractivity contribution in [2.75, 3.05) is 29.9 Å². The van der Waals surface area contributed by atoms with Gasteiger partial charge in [0.05, 0.1) is 11.1 Å². The fraction of sp³-hybridized carbons (Fsp3) is 0.385. The lowest BCUT2D eigenvalue weighted by Crippen LogP contribution is -2.45. The van der Waals surface area contributed by atoms with Gasteiger partial charge in [0.2, 0.25) is 11.8 Å². The lowest BCUT2D eigenvalue weighted by molar-refractivity contribution is -0.126. The summed E-state index contributed by atoms with van der Waals surface area (Å²) in [4.78, 5) is 53.9. The highest BCUT2D eigenvalue weighted by Crippen LogP contribution is 2.24. The fourth-order valence-electron chi connectivity index (χ4n) is 4.46. The molecule has 2 aromatic rings. The van der Waals surface area contributed by atoms with E-state index in [1.165, 1.54) is 12.8 Å². The molecule has 1 unspecified atom stereocenters. The number of imide groups is 1. The van der Waals surface area contributed by atoms with Crippen LogP contribution in [-0.4, -0.2) is 54.2 Å². The molecule has 0 saturated carbocycles. The quantitative estimate of drug-likeness (QED) is 0.558. The zero-order chi connectivity index (χ0) is 24.1. The number of carbonyl (C=O) groups is 4. The maximum Gasteiger partial charge on any atom is 0.261 e. The molecule has 0 bridgehead atoms. The lowest BCUT2D eigenvalue weighted by atomic mass is 10.1. The van der Waals surface area contributed by atoms with Crippen molar-refractivity contribution in [1.29, 1.82) is 0 Å². The molecule has 0 aliphatic carbocycles. The van der Waals surface area contributed by atoms with E-state index in [0.29, 0.717) is 29.7 Å². The van der Waals surface area contributed by atoms with Gasteiger partial charge in [-0.1, -0.05) is 31.5 Å². The first-order valence-electron chi connectivity index (χ1n) is 11.9. The molecule has 8 heteroatoms. The number of amides is 4. The van der Waals surface area contributed by atoms with Crippen molar-refractivity contribution in [3.8, 4) is 0 Å². The summed E-state index contributed by atoms with van der Waals surface area (Å²) in [6, 6.07) is 13.7. The minimum absolute atomic E-state index is 0.0312. The number of hydrogen-bond donors (Lipinski definition) is 2. The SMILES string of the molecule is CCCC(NC(=O)CCN1C(=O)c2ccccc2C1=O)C(=O)Nc1cccc(N2CCCC2)c1. The molecule has 1 fully saturated rings. The van der Waals surface area contributed by atoms with Crippen molar-refractivity contribution < 1.29 is 19.2 Å². The number of nitrogens with zero attached hydrogens (tertiary/aromatic N) is 2. The topological polar surface area (TPSA) is 98.8 Å². The van der Waals surface area contributed by atoms with Crippen LogP contribution >= 0.6 is 0 Å². The molecule has 2 N–H and O–H groups in total. The third kappa shape index (κ3) is 5.11. The monoisotopic (exact) mass is 462 g/mol. The predicted molar refractivity (Wildman–Crippen MR) is 130 cm³/mol. The lowest BCUT2D eigenvalue weighted by Gasteiger charge is -2.21. The Morgan fingerprint density at radius 1 is 0.971 bits per heavy atom. The largest absolute Gasteiger partial charge is 0.371 e. The van der Waals surface area contributed by atoms with Crippen LogP contribution in [0.2, 0.25) is 0 Å². The predicted octanol–water partition coefficient (Wildman–Crippen LogP) is 3.20. The highest BCUT2D eigenvalue weighted by Gasteiger charge is 2.35. The number of hydrogen-bond acceptors (Lipinski definition) is 5. The Labute approximate surface area is 199 Å². The number of benzene rings is 2. The summed E-state index contributed by atoms with van der Waals surface area (Å²) in [7, 11) is 0. The Balaban J connectivity index is 1.33. The maximum absolute atomic E-state index is 12.9. The van der Waals surface area contributed by atoms with Crippen molar-refractivity contribution in [2.45, 2.75) is 45.1 Å². The van der Waals surface area contributed by atoms with Crippen LogP contribution in [-0.2, 0) is 9.59 Å². The van der Waals surface area contributed by atoms with E-state index >= 15 is 0 Å². The maximum atomic E-state index is 12.9. The Kier molecular flexibility index (Phi) is 7.25. The van der Waals surface area contributed by atoms with Crippen molar-refractivity contribution in [1.82, 2.24) is 10.2 Å². The van der Waals surface area contributed by atoms with E-state index in [-0.39, 0.29) is 24.8 Å². The fourth-order valence-corrected chi connectivity index (χ4v) is 4.46.